The Kier molecular flexibility index (Phi) is 8.01. The maximum Gasteiger partial charge on any atom is 0.326 e. The summed E-state index contributed by atoms with van der Waals surface area (Å²) in [7, 11) is -4.33. The van der Waals surface area contributed by atoms with E-state index < -0.39 is 22.5 Å². The lowest BCUT2D eigenvalue weighted by atomic mass is 10.3. The van der Waals surface area contributed by atoms with Crippen LogP contribution < -0.4 is 4.31 Å². The Morgan fingerprint density at radius 1 is 0.893 bits per heavy atom. The first-order valence-electron chi connectivity index (χ1n) is 7.47. The van der Waals surface area contributed by atoms with Gasteiger partial charge in [-0.25, -0.2) is 8.42 Å². The molecule has 2 rings (SSSR count). The zero-order chi connectivity index (χ0) is 21.2. The zero-order valence-corrected chi connectivity index (χ0v) is 19.3. The minimum atomic E-state index is -4.33. The van der Waals surface area contributed by atoms with Gasteiger partial charge in [-0.15, -0.1) is 0 Å². The summed E-state index contributed by atoms with van der Waals surface area (Å²) in [5.41, 5.74) is -0.300. The Hall–Kier alpha value is -0.600. The van der Waals surface area contributed by atoms with Crippen molar-refractivity contribution in [1.29, 1.82) is 0 Å². The van der Waals surface area contributed by atoms with E-state index in [1.54, 1.807) is 6.92 Å². The molecule has 0 aromatic heterocycles. The van der Waals surface area contributed by atoms with Gasteiger partial charge >= 0.3 is 5.97 Å². The molecule has 0 unspecified atom stereocenters. The third-order valence-corrected chi connectivity index (χ3v) is 7.68. The Bertz CT molecular complexity index is 982. The van der Waals surface area contributed by atoms with E-state index in [1.807, 2.05) is 0 Å². The van der Waals surface area contributed by atoms with Gasteiger partial charge in [0.25, 0.3) is 10.0 Å². The van der Waals surface area contributed by atoms with Crippen molar-refractivity contribution >= 4 is 91.3 Å². The molecule has 5 nitrogen and oxygen atoms in total. The standard InChI is InChI=1S/C16H11Cl6NO4S/c1-2-27-10(24)7-23(28(25,26)9-5-3-8(17)4-6-9)16-14(21)12(19)11(18)13(20)15(16)22/h3-6H,2,7H2,1H3. The summed E-state index contributed by atoms with van der Waals surface area (Å²) in [5.74, 6) is -0.839. The largest absolute Gasteiger partial charge is 0.465 e. The molecule has 0 N–H and O–H groups in total. The highest BCUT2D eigenvalue weighted by Crippen LogP contribution is 2.49. The van der Waals surface area contributed by atoms with E-state index in [-0.39, 0.29) is 42.3 Å². The van der Waals surface area contributed by atoms with E-state index in [4.69, 9.17) is 74.3 Å². The predicted octanol–water partition coefficient (Wildman–Crippen LogP) is 6.37. The second-order valence-electron chi connectivity index (χ2n) is 5.19. The highest BCUT2D eigenvalue weighted by atomic mass is 35.5. The molecule has 2 aromatic carbocycles. The number of hydrogen-bond donors (Lipinski definition) is 0. The lowest BCUT2D eigenvalue weighted by molar-refractivity contribution is -0.141. The second kappa shape index (κ2) is 9.47. The molecule has 0 spiro atoms. The van der Waals surface area contributed by atoms with Gasteiger partial charge in [0.15, 0.2) is 0 Å². The van der Waals surface area contributed by atoms with Crippen LogP contribution in [0.15, 0.2) is 29.2 Å². The van der Waals surface area contributed by atoms with E-state index in [9.17, 15) is 13.2 Å². The molecule has 0 heterocycles. The van der Waals surface area contributed by atoms with Crippen LogP contribution >= 0.6 is 69.6 Å². The fourth-order valence-corrected chi connectivity index (χ4v) is 5.15. The molecule has 0 aliphatic carbocycles. The van der Waals surface area contributed by atoms with Crippen molar-refractivity contribution in [3.63, 3.8) is 0 Å². The smallest absolute Gasteiger partial charge is 0.326 e. The van der Waals surface area contributed by atoms with Gasteiger partial charge in [0.2, 0.25) is 0 Å². The van der Waals surface area contributed by atoms with Gasteiger partial charge in [-0.3, -0.25) is 9.10 Å². The zero-order valence-electron chi connectivity index (χ0n) is 14.0. The van der Waals surface area contributed by atoms with Crippen LogP contribution in [0.5, 0.6) is 0 Å². The van der Waals surface area contributed by atoms with Crippen LogP contribution in [0.4, 0.5) is 5.69 Å². The van der Waals surface area contributed by atoms with E-state index in [0.717, 1.165) is 0 Å². The van der Waals surface area contributed by atoms with Gasteiger partial charge in [-0.1, -0.05) is 69.6 Å². The SMILES string of the molecule is CCOC(=O)CN(c1c(Cl)c(Cl)c(Cl)c(Cl)c1Cl)S(=O)(=O)c1ccc(Cl)cc1. The Morgan fingerprint density at radius 2 is 1.36 bits per heavy atom. The number of hydrogen-bond acceptors (Lipinski definition) is 4. The molecule has 0 aliphatic heterocycles. The molecular weight excluding hydrogens is 515 g/mol. The van der Waals surface area contributed by atoms with Crippen LogP contribution in [0.25, 0.3) is 0 Å². The first kappa shape index (κ1) is 23.7. The van der Waals surface area contributed by atoms with Crippen molar-refractivity contribution in [3.05, 3.63) is 54.4 Å². The number of esters is 1. The summed E-state index contributed by atoms with van der Waals surface area (Å²) >= 11 is 36.3. The van der Waals surface area contributed by atoms with Gasteiger partial charge in [0, 0.05) is 5.02 Å². The topological polar surface area (TPSA) is 63.7 Å². The molecule has 0 saturated carbocycles. The minimum absolute atomic E-state index is 0.0389. The van der Waals surface area contributed by atoms with Crippen LogP contribution in [0, 0.1) is 0 Å². The fraction of sp³-hybridized carbons (Fsp3) is 0.188. The highest BCUT2D eigenvalue weighted by Gasteiger charge is 2.33. The molecule has 0 atom stereocenters. The van der Waals surface area contributed by atoms with Crippen molar-refractivity contribution in [2.45, 2.75) is 11.8 Å². The normalized spacial score (nSPS) is 11.4. The molecule has 0 radical (unpaired) electrons. The van der Waals surface area contributed by atoms with Crippen LogP contribution in [0.3, 0.4) is 0 Å². The molecule has 28 heavy (non-hydrogen) atoms. The van der Waals surface area contributed by atoms with E-state index in [2.05, 4.69) is 0 Å². The molecule has 0 aliphatic rings. The molecule has 0 bridgehead atoms. The Balaban J connectivity index is 2.74. The van der Waals surface area contributed by atoms with Gasteiger partial charge in [-0.2, -0.15) is 0 Å². The average Bonchev–Trinajstić information content (AvgIpc) is 2.64. The molecule has 0 saturated heterocycles. The van der Waals surface area contributed by atoms with Crippen LogP contribution in [-0.2, 0) is 19.6 Å². The molecule has 12 heteroatoms. The number of rotatable bonds is 6. The summed E-state index contributed by atoms with van der Waals surface area (Å²) in [6.07, 6.45) is 0. The molecular formula is C16H11Cl6NO4S. The maximum absolute atomic E-state index is 13.2. The summed E-state index contributed by atoms with van der Waals surface area (Å²) in [5, 5.41) is -0.835. The minimum Gasteiger partial charge on any atom is -0.465 e. The Morgan fingerprint density at radius 3 is 1.82 bits per heavy atom. The van der Waals surface area contributed by atoms with Gasteiger partial charge in [0.1, 0.15) is 6.54 Å². The third-order valence-electron chi connectivity index (χ3n) is 3.42. The second-order valence-corrected chi connectivity index (χ2v) is 9.38. The average molecular weight is 526 g/mol. The predicted molar refractivity (Wildman–Crippen MR) is 114 cm³/mol. The number of carbonyl (C=O) groups is 1. The maximum atomic E-state index is 13.2. The fourth-order valence-electron chi connectivity index (χ4n) is 2.15. The van der Waals surface area contributed by atoms with Crippen molar-refractivity contribution in [2.24, 2.45) is 0 Å². The van der Waals surface area contributed by atoms with E-state index in [1.165, 1.54) is 24.3 Å². The van der Waals surface area contributed by atoms with Crippen molar-refractivity contribution < 1.29 is 17.9 Å². The summed E-state index contributed by atoms with van der Waals surface area (Å²) in [4.78, 5) is 11.9. The monoisotopic (exact) mass is 523 g/mol. The highest BCUT2D eigenvalue weighted by molar-refractivity contribution is 7.92. The van der Waals surface area contributed by atoms with Crippen molar-refractivity contribution in [1.82, 2.24) is 0 Å². The summed E-state index contributed by atoms with van der Waals surface area (Å²) in [6, 6.07) is 5.28. The number of anilines is 1. The van der Waals surface area contributed by atoms with Crippen LogP contribution in [0.2, 0.25) is 30.1 Å². The number of ether oxygens (including phenoxy) is 1. The summed E-state index contributed by atoms with van der Waals surface area (Å²) < 4.78 is 32.0. The third kappa shape index (κ3) is 4.75. The number of sulfonamides is 1. The van der Waals surface area contributed by atoms with Gasteiger partial charge in [0.05, 0.1) is 42.3 Å². The van der Waals surface area contributed by atoms with E-state index in [0.29, 0.717) is 9.33 Å². The molecule has 2 aromatic rings. The first-order chi connectivity index (χ1) is 13.0. The number of halogens is 6. The number of nitrogens with zero attached hydrogens (tertiary/aromatic N) is 1. The Labute approximate surface area is 192 Å². The van der Waals surface area contributed by atoms with Gasteiger partial charge in [-0.05, 0) is 31.2 Å². The van der Waals surface area contributed by atoms with E-state index >= 15 is 0 Å². The molecule has 152 valence electrons. The lowest BCUT2D eigenvalue weighted by Gasteiger charge is -2.26. The van der Waals surface area contributed by atoms with Crippen molar-refractivity contribution in [3.8, 4) is 0 Å². The summed E-state index contributed by atoms with van der Waals surface area (Å²) in [6.45, 7) is 0.885. The number of carbonyl (C=O) groups excluding carboxylic acids is 1. The quantitative estimate of drug-likeness (QED) is 0.250. The van der Waals surface area contributed by atoms with Gasteiger partial charge < -0.3 is 4.74 Å². The van der Waals surface area contributed by atoms with Crippen LogP contribution in [0.1, 0.15) is 6.92 Å². The number of benzene rings is 2. The lowest BCUT2D eigenvalue weighted by Crippen LogP contribution is -2.37. The first-order valence-corrected chi connectivity index (χ1v) is 11.2. The van der Waals surface area contributed by atoms with Crippen molar-refractivity contribution in [2.75, 3.05) is 17.5 Å². The molecule has 0 amide bonds. The van der Waals surface area contributed by atoms with Crippen LogP contribution in [-0.4, -0.2) is 27.5 Å². The molecule has 0 fully saturated rings.